The highest BCUT2D eigenvalue weighted by molar-refractivity contribution is 7.80. The maximum absolute atomic E-state index is 6.19. The quantitative estimate of drug-likeness (QED) is 0.613. The third-order valence-corrected chi connectivity index (χ3v) is 6.21. The van der Waals surface area contributed by atoms with Gasteiger partial charge in [-0.25, -0.2) is 0 Å². The molecule has 2 aromatic rings. The third kappa shape index (κ3) is 5.05. The van der Waals surface area contributed by atoms with Gasteiger partial charge in [-0.2, -0.15) is 25.3 Å². The molecule has 2 aliphatic heterocycles. The van der Waals surface area contributed by atoms with Crippen LogP contribution in [0, 0.1) is 0 Å². The first kappa shape index (κ1) is 20.9. The number of fused-ring (bicyclic) bond motifs is 2. The maximum Gasteiger partial charge on any atom is 0.142 e. The predicted molar refractivity (Wildman–Crippen MR) is 124 cm³/mol. The molecular weight excluding hydrogens is 400 g/mol. The second kappa shape index (κ2) is 10.1. The second-order valence-electron chi connectivity index (χ2n) is 7.79. The molecular formula is C23H30N2O2S2. The van der Waals surface area contributed by atoms with Crippen molar-refractivity contribution in [1.82, 2.24) is 9.80 Å². The smallest absolute Gasteiger partial charge is 0.142 e. The molecule has 0 radical (unpaired) electrons. The lowest BCUT2D eigenvalue weighted by molar-refractivity contribution is 0.0935. The van der Waals surface area contributed by atoms with E-state index in [1.807, 2.05) is 0 Å². The van der Waals surface area contributed by atoms with Crippen LogP contribution in [0.5, 0.6) is 11.5 Å². The summed E-state index contributed by atoms with van der Waals surface area (Å²) < 4.78 is 12.4. The van der Waals surface area contributed by atoms with Crippen molar-refractivity contribution in [3.63, 3.8) is 0 Å². The van der Waals surface area contributed by atoms with Crippen molar-refractivity contribution < 1.29 is 9.47 Å². The number of para-hydroxylation sites is 2. The summed E-state index contributed by atoms with van der Waals surface area (Å²) in [6.07, 6.45) is 3.00. The molecule has 0 bridgehead atoms. The molecule has 29 heavy (non-hydrogen) atoms. The molecule has 4 nitrogen and oxygen atoms in total. The SMILES string of the molecule is SCCCN1COc2c(Cc3cccc4c3OCN(CCCS)C4)cccc2C1. The van der Waals surface area contributed by atoms with E-state index in [1.54, 1.807) is 0 Å². The van der Waals surface area contributed by atoms with Crippen LogP contribution in [0.1, 0.15) is 35.1 Å². The molecule has 2 aliphatic rings. The fourth-order valence-electron chi connectivity index (χ4n) is 4.14. The van der Waals surface area contributed by atoms with Crippen molar-refractivity contribution in [3.8, 4) is 11.5 Å². The van der Waals surface area contributed by atoms with Crippen LogP contribution in [0.25, 0.3) is 0 Å². The highest BCUT2D eigenvalue weighted by atomic mass is 32.1. The van der Waals surface area contributed by atoms with Crippen LogP contribution in [0.3, 0.4) is 0 Å². The van der Waals surface area contributed by atoms with Gasteiger partial charge in [-0.1, -0.05) is 36.4 Å². The lowest BCUT2D eigenvalue weighted by Crippen LogP contribution is -2.33. The normalized spacial score (nSPS) is 16.6. The molecule has 2 aromatic carbocycles. The number of rotatable bonds is 8. The van der Waals surface area contributed by atoms with Crippen LogP contribution < -0.4 is 9.47 Å². The van der Waals surface area contributed by atoms with Crippen LogP contribution in [0.2, 0.25) is 0 Å². The topological polar surface area (TPSA) is 24.9 Å². The Labute approximate surface area is 185 Å². The van der Waals surface area contributed by atoms with E-state index in [0.717, 1.165) is 68.4 Å². The Morgan fingerprint density at radius 1 is 0.724 bits per heavy atom. The molecule has 0 saturated heterocycles. The summed E-state index contributed by atoms with van der Waals surface area (Å²) in [5.74, 6) is 3.93. The minimum atomic E-state index is 0.654. The van der Waals surface area contributed by atoms with Gasteiger partial charge in [0.05, 0.1) is 0 Å². The number of hydrogen-bond donors (Lipinski definition) is 2. The summed E-state index contributed by atoms with van der Waals surface area (Å²) in [5, 5.41) is 0. The van der Waals surface area contributed by atoms with Crippen molar-refractivity contribution in [2.45, 2.75) is 32.4 Å². The zero-order valence-electron chi connectivity index (χ0n) is 16.8. The molecule has 156 valence electrons. The zero-order chi connectivity index (χ0) is 20.1. The average Bonchev–Trinajstić information content (AvgIpc) is 2.76. The van der Waals surface area contributed by atoms with Gasteiger partial charge in [-0.3, -0.25) is 9.80 Å². The third-order valence-electron chi connectivity index (χ3n) is 5.57. The summed E-state index contributed by atoms with van der Waals surface area (Å²) in [6.45, 7) is 5.25. The number of ether oxygens (including phenoxy) is 2. The predicted octanol–water partition coefficient (Wildman–Crippen LogP) is 4.22. The minimum absolute atomic E-state index is 0.654. The summed E-state index contributed by atoms with van der Waals surface area (Å²) >= 11 is 8.65. The fraction of sp³-hybridized carbons (Fsp3) is 0.478. The van der Waals surface area contributed by atoms with Crippen LogP contribution in [-0.2, 0) is 19.5 Å². The number of hydrogen-bond acceptors (Lipinski definition) is 6. The second-order valence-corrected chi connectivity index (χ2v) is 8.69. The van der Waals surface area contributed by atoms with Crippen LogP contribution in [0.15, 0.2) is 36.4 Å². The van der Waals surface area contributed by atoms with Crippen LogP contribution in [0.4, 0.5) is 0 Å². The van der Waals surface area contributed by atoms with Gasteiger partial charge in [0, 0.05) is 43.7 Å². The fourth-order valence-corrected chi connectivity index (χ4v) is 4.42. The van der Waals surface area contributed by atoms with E-state index in [9.17, 15) is 0 Å². The Bertz CT molecular complexity index is 763. The molecule has 0 N–H and O–H groups in total. The Morgan fingerprint density at radius 3 is 1.66 bits per heavy atom. The van der Waals surface area contributed by atoms with Gasteiger partial charge < -0.3 is 9.47 Å². The van der Waals surface area contributed by atoms with E-state index >= 15 is 0 Å². The highest BCUT2D eigenvalue weighted by Gasteiger charge is 2.23. The van der Waals surface area contributed by atoms with Crippen molar-refractivity contribution in [2.75, 3.05) is 38.1 Å². The van der Waals surface area contributed by atoms with Crippen LogP contribution >= 0.6 is 25.3 Å². The summed E-state index contributed by atoms with van der Waals surface area (Å²) in [4.78, 5) is 4.69. The first-order valence-corrected chi connectivity index (χ1v) is 11.7. The van der Waals surface area contributed by atoms with Crippen molar-refractivity contribution >= 4 is 25.3 Å². The van der Waals surface area contributed by atoms with Gasteiger partial charge in [0.2, 0.25) is 0 Å². The molecule has 0 aromatic heterocycles. The maximum atomic E-state index is 6.19. The van der Waals surface area contributed by atoms with Crippen molar-refractivity contribution in [2.24, 2.45) is 0 Å². The summed E-state index contributed by atoms with van der Waals surface area (Å²) in [5.41, 5.74) is 5.03. The summed E-state index contributed by atoms with van der Waals surface area (Å²) in [7, 11) is 0. The molecule has 0 spiro atoms. The van der Waals surface area contributed by atoms with E-state index in [0.29, 0.717) is 13.5 Å². The van der Waals surface area contributed by atoms with Gasteiger partial charge >= 0.3 is 0 Å². The Hall–Kier alpha value is -1.34. The average molecular weight is 431 g/mol. The molecule has 4 rings (SSSR count). The monoisotopic (exact) mass is 430 g/mol. The molecule has 2 heterocycles. The zero-order valence-corrected chi connectivity index (χ0v) is 18.6. The van der Waals surface area contributed by atoms with Crippen molar-refractivity contribution in [3.05, 3.63) is 58.7 Å². The lowest BCUT2D eigenvalue weighted by atomic mass is 9.97. The lowest BCUT2D eigenvalue weighted by Gasteiger charge is -2.31. The molecule has 0 atom stereocenters. The molecule has 0 amide bonds. The van der Waals surface area contributed by atoms with Gasteiger partial charge in [0.25, 0.3) is 0 Å². The van der Waals surface area contributed by atoms with E-state index in [2.05, 4.69) is 71.5 Å². The largest absolute Gasteiger partial charge is 0.477 e. The molecule has 0 saturated carbocycles. The van der Waals surface area contributed by atoms with E-state index < -0.39 is 0 Å². The van der Waals surface area contributed by atoms with E-state index in [-0.39, 0.29) is 0 Å². The first-order chi connectivity index (χ1) is 14.3. The number of thiol groups is 2. The molecule has 0 aliphatic carbocycles. The van der Waals surface area contributed by atoms with Gasteiger partial charge in [-0.15, -0.1) is 0 Å². The number of nitrogens with zero attached hydrogens (tertiary/aromatic N) is 2. The molecule has 0 fully saturated rings. The molecule has 0 unspecified atom stereocenters. The first-order valence-electron chi connectivity index (χ1n) is 10.4. The number of benzene rings is 2. The Kier molecular flexibility index (Phi) is 7.29. The van der Waals surface area contributed by atoms with Gasteiger partial charge in [-0.05, 0) is 35.5 Å². The standard InChI is InChI=1S/C23H30N2O2S2/c28-11-3-9-24-14-20-7-1-5-18(22(20)26-16-24)13-19-6-2-8-21-15-25(10-4-12-29)17-27-23(19)21/h1-2,5-8,28-29H,3-4,9-17H2. The van der Waals surface area contributed by atoms with Gasteiger partial charge in [0.15, 0.2) is 0 Å². The highest BCUT2D eigenvalue weighted by Crippen LogP contribution is 2.35. The van der Waals surface area contributed by atoms with E-state index in [4.69, 9.17) is 9.47 Å². The Balaban J connectivity index is 1.50. The Morgan fingerprint density at radius 2 is 1.21 bits per heavy atom. The van der Waals surface area contributed by atoms with Crippen molar-refractivity contribution in [1.29, 1.82) is 0 Å². The minimum Gasteiger partial charge on any atom is -0.477 e. The summed E-state index contributed by atoms with van der Waals surface area (Å²) in [6, 6.07) is 13.0. The van der Waals surface area contributed by atoms with E-state index in [1.165, 1.54) is 22.3 Å². The van der Waals surface area contributed by atoms with Crippen LogP contribution in [-0.4, -0.2) is 47.9 Å². The van der Waals surface area contributed by atoms with Gasteiger partial charge in [0.1, 0.15) is 25.0 Å². The molecule has 6 heteroatoms.